The molecule has 158 valence electrons. The lowest BCUT2D eigenvalue weighted by atomic mass is 9.80. The molecule has 0 spiro atoms. The number of methoxy groups -OCH3 is 1. The van der Waals surface area contributed by atoms with E-state index < -0.39 is 0 Å². The molecule has 0 saturated heterocycles. The second kappa shape index (κ2) is 7.45. The van der Waals surface area contributed by atoms with Crippen LogP contribution in [0.5, 0.6) is 5.75 Å². The molecule has 2 aliphatic rings. The first kappa shape index (κ1) is 19.0. The first-order valence-corrected chi connectivity index (χ1v) is 11.2. The fraction of sp³-hybridized carbons (Fsp3) is 0.172. The zero-order valence-electron chi connectivity index (χ0n) is 18.3. The molecule has 1 atom stereocenters. The molecule has 0 aliphatic carbocycles. The van der Waals surface area contributed by atoms with Gasteiger partial charge in [0.05, 0.1) is 13.2 Å². The smallest absolute Gasteiger partial charge is 0.119 e. The lowest BCUT2D eigenvalue weighted by Gasteiger charge is -2.45. The Labute approximate surface area is 188 Å². The van der Waals surface area contributed by atoms with Crippen molar-refractivity contribution in [2.75, 3.05) is 13.7 Å². The Morgan fingerprint density at radius 3 is 2.69 bits per heavy atom. The van der Waals surface area contributed by atoms with Gasteiger partial charge in [-0.15, -0.1) is 6.58 Å². The predicted molar refractivity (Wildman–Crippen MR) is 132 cm³/mol. The quantitative estimate of drug-likeness (QED) is 0.379. The predicted octanol–water partition coefficient (Wildman–Crippen LogP) is 6.58. The monoisotopic (exact) mass is 418 g/mol. The zero-order valence-corrected chi connectivity index (χ0v) is 18.3. The molecule has 32 heavy (non-hydrogen) atoms. The zero-order chi connectivity index (χ0) is 21.7. The number of ether oxygens (including phenoxy) is 1. The molecule has 1 unspecified atom stereocenters. The molecule has 3 aromatic carbocycles. The molecule has 0 radical (unpaired) electrons. The van der Waals surface area contributed by atoms with Gasteiger partial charge in [-0.1, -0.05) is 60.7 Å². The lowest BCUT2D eigenvalue weighted by molar-refractivity contribution is 0.311. The first-order chi connectivity index (χ1) is 15.8. The number of nitrogens with zero attached hydrogens (tertiary/aromatic N) is 1. The number of para-hydroxylation sites is 1. The van der Waals surface area contributed by atoms with Crippen LogP contribution in [-0.4, -0.2) is 23.5 Å². The molecule has 3 heterocycles. The summed E-state index contributed by atoms with van der Waals surface area (Å²) >= 11 is 0. The van der Waals surface area contributed by atoms with Gasteiger partial charge in [0.25, 0.3) is 0 Å². The third-order valence-corrected chi connectivity index (χ3v) is 6.88. The number of allylic oxidation sites excluding steroid dienone is 2. The number of rotatable bonds is 4. The third kappa shape index (κ3) is 2.74. The van der Waals surface area contributed by atoms with Gasteiger partial charge < -0.3 is 14.6 Å². The van der Waals surface area contributed by atoms with Crippen LogP contribution in [0.4, 0.5) is 0 Å². The minimum absolute atomic E-state index is 0.149. The molecule has 0 fully saturated rings. The summed E-state index contributed by atoms with van der Waals surface area (Å²) in [5.74, 6) is 0.888. The number of hydrogen-bond acceptors (Lipinski definition) is 2. The van der Waals surface area contributed by atoms with E-state index in [0.29, 0.717) is 0 Å². The number of aromatic amines is 1. The normalized spacial score (nSPS) is 17.0. The molecule has 3 heteroatoms. The molecular formula is C29H26N2O. The molecule has 0 saturated carbocycles. The highest BCUT2D eigenvalue weighted by atomic mass is 16.5. The third-order valence-electron chi connectivity index (χ3n) is 6.88. The minimum atomic E-state index is 0.149. The summed E-state index contributed by atoms with van der Waals surface area (Å²) in [6, 6.07) is 26.2. The van der Waals surface area contributed by atoms with Crippen molar-refractivity contribution in [3.8, 4) is 5.75 Å². The van der Waals surface area contributed by atoms with Crippen LogP contribution in [0, 0.1) is 0 Å². The summed E-state index contributed by atoms with van der Waals surface area (Å²) < 4.78 is 5.63. The minimum Gasteiger partial charge on any atom is -0.497 e. The van der Waals surface area contributed by atoms with Crippen molar-refractivity contribution in [2.24, 2.45) is 0 Å². The van der Waals surface area contributed by atoms with E-state index in [0.717, 1.165) is 25.1 Å². The number of aromatic nitrogens is 1. The van der Waals surface area contributed by atoms with Crippen LogP contribution in [0.25, 0.3) is 22.2 Å². The van der Waals surface area contributed by atoms with Gasteiger partial charge in [-0.05, 0) is 58.9 Å². The van der Waals surface area contributed by atoms with E-state index in [1.54, 1.807) is 7.11 Å². The maximum absolute atomic E-state index is 5.63. The largest absolute Gasteiger partial charge is 0.497 e. The van der Waals surface area contributed by atoms with Crippen molar-refractivity contribution in [2.45, 2.75) is 18.9 Å². The van der Waals surface area contributed by atoms with Gasteiger partial charge in [0, 0.05) is 28.8 Å². The number of benzene rings is 3. The van der Waals surface area contributed by atoms with Crippen LogP contribution in [0.1, 0.15) is 40.4 Å². The summed E-state index contributed by atoms with van der Waals surface area (Å²) in [5.41, 5.74) is 10.4. The van der Waals surface area contributed by atoms with Crippen molar-refractivity contribution >= 4 is 22.2 Å². The van der Waals surface area contributed by atoms with E-state index in [9.17, 15) is 0 Å². The Morgan fingerprint density at radius 1 is 1.06 bits per heavy atom. The van der Waals surface area contributed by atoms with Gasteiger partial charge in [-0.25, -0.2) is 0 Å². The van der Waals surface area contributed by atoms with Crippen LogP contribution in [0.15, 0.2) is 85.5 Å². The average Bonchev–Trinajstić information content (AvgIpc) is 3.23. The SMILES string of the molecule is C=CCC1=C(c2ccccc2)N2CCc3c([nH]c4ccccc34)C2c2ccc(OC)cc21. The topological polar surface area (TPSA) is 28.3 Å². The highest BCUT2D eigenvalue weighted by molar-refractivity contribution is 5.95. The first-order valence-electron chi connectivity index (χ1n) is 11.2. The van der Waals surface area contributed by atoms with E-state index in [4.69, 9.17) is 4.74 Å². The number of H-pyrrole nitrogens is 1. The van der Waals surface area contributed by atoms with Crippen molar-refractivity contribution in [3.63, 3.8) is 0 Å². The van der Waals surface area contributed by atoms with E-state index in [1.807, 2.05) is 6.08 Å². The standard InChI is InChI=1S/C29H26N2O/c1-3-9-23-25-18-20(32-2)14-15-24(25)29-27-22(21-12-7-8-13-26(21)30-27)16-17-31(29)28(23)19-10-5-4-6-11-19/h3-8,10-15,18,29-30H,1,9,16-17H2,2H3. The number of fused-ring (bicyclic) bond motifs is 7. The highest BCUT2D eigenvalue weighted by Crippen LogP contribution is 2.50. The second-order valence-electron chi connectivity index (χ2n) is 8.55. The van der Waals surface area contributed by atoms with Gasteiger partial charge in [0.1, 0.15) is 5.75 Å². The molecule has 0 bridgehead atoms. The van der Waals surface area contributed by atoms with Crippen molar-refractivity contribution < 1.29 is 4.74 Å². The molecule has 6 rings (SSSR count). The molecule has 1 aromatic heterocycles. The summed E-state index contributed by atoms with van der Waals surface area (Å²) in [6.45, 7) is 5.06. The van der Waals surface area contributed by atoms with Gasteiger partial charge in [0.2, 0.25) is 0 Å². The number of nitrogens with one attached hydrogen (secondary N) is 1. The van der Waals surface area contributed by atoms with Gasteiger partial charge in [-0.3, -0.25) is 0 Å². The fourth-order valence-electron chi connectivity index (χ4n) is 5.56. The van der Waals surface area contributed by atoms with E-state index >= 15 is 0 Å². The molecule has 2 aliphatic heterocycles. The molecular weight excluding hydrogens is 392 g/mol. The lowest BCUT2D eigenvalue weighted by Crippen LogP contribution is -2.38. The Morgan fingerprint density at radius 2 is 1.88 bits per heavy atom. The van der Waals surface area contributed by atoms with E-state index in [-0.39, 0.29) is 6.04 Å². The Hall–Kier alpha value is -3.72. The fourth-order valence-corrected chi connectivity index (χ4v) is 5.56. The molecule has 0 amide bonds. The van der Waals surface area contributed by atoms with Gasteiger partial charge in [0.15, 0.2) is 0 Å². The maximum Gasteiger partial charge on any atom is 0.119 e. The molecule has 1 N–H and O–H groups in total. The van der Waals surface area contributed by atoms with Crippen LogP contribution < -0.4 is 4.74 Å². The Bertz CT molecular complexity index is 1360. The molecule has 4 aromatic rings. The van der Waals surface area contributed by atoms with E-state index in [2.05, 4.69) is 89.3 Å². The van der Waals surface area contributed by atoms with E-state index in [1.165, 1.54) is 50.1 Å². The highest BCUT2D eigenvalue weighted by Gasteiger charge is 2.39. The van der Waals surface area contributed by atoms with Crippen molar-refractivity contribution in [1.29, 1.82) is 0 Å². The summed E-state index contributed by atoms with van der Waals surface area (Å²) in [5, 5.41) is 1.35. The number of hydrogen-bond donors (Lipinski definition) is 1. The maximum atomic E-state index is 5.63. The van der Waals surface area contributed by atoms with Crippen molar-refractivity contribution in [3.05, 3.63) is 113 Å². The van der Waals surface area contributed by atoms with Crippen molar-refractivity contribution in [1.82, 2.24) is 9.88 Å². The second-order valence-corrected chi connectivity index (χ2v) is 8.55. The Balaban J connectivity index is 1.66. The van der Waals surface area contributed by atoms with Gasteiger partial charge in [-0.2, -0.15) is 0 Å². The van der Waals surface area contributed by atoms with Crippen LogP contribution in [0.3, 0.4) is 0 Å². The summed E-state index contributed by atoms with van der Waals surface area (Å²) in [7, 11) is 1.74. The average molecular weight is 419 g/mol. The molecule has 3 nitrogen and oxygen atoms in total. The summed E-state index contributed by atoms with van der Waals surface area (Å²) in [6.07, 6.45) is 3.85. The summed E-state index contributed by atoms with van der Waals surface area (Å²) in [4.78, 5) is 6.39. The Kier molecular flexibility index (Phi) is 4.43. The van der Waals surface area contributed by atoms with Gasteiger partial charge >= 0.3 is 0 Å². The van der Waals surface area contributed by atoms with Crippen LogP contribution >= 0.6 is 0 Å². The van der Waals surface area contributed by atoms with Crippen LogP contribution in [0.2, 0.25) is 0 Å². The van der Waals surface area contributed by atoms with Crippen LogP contribution in [-0.2, 0) is 6.42 Å².